The van der Waals surface area contributed by atoms with Gasteiger partial charge in [-0.2, -0.15) is 0 Å². The third-order valence-electron chi connectivity index (χ3n) is 1.80. The summed E-state index contributed by atoms with van der Waals surface area (Å²) in [6.07, 6.45) is -5.03. The molecule has 0 saturated carbocycles. The van der Waals surface area contributed by atoms with Crippen LogP contribution in [-0.4, -0.2) is 27.2 Å². The highest BCUT2D eigenvalue weighted by molar-refractivity contribution is 7.89. The van der Waals surface area contributed by atoms with Crippen molar-refractivity contribution in [2.75, 3.05) is 6.54 Å². The Hall–Kier alpha value is -1.81. The molecule has 1 rings (SSSR count). The predicted molar refractivity (Wildman–Crippen MR) is 57.5 cm³/mol. The maximum absolute atomic E-state index is 12.1. The van der Waals surface area contributed by atoms with E-state index >= 15 is 0 Å². The molecule has 0 spiro atoms. The van der Waals surface area contributed by atoms with Crippen LogP contribution in [0.15, 0.2) is 29.2 Å². The van der Waals surface area contributed by atoms with E-state index < -0.39 is 39.5 Å². The highest BCUT2D eigenvalue weighted by Gasteiger charge is 2.33. The Morgan fingerprint density at radius 1 is 1.32 bits per heavy atom. The Labute approximate surface area is 106 Å². The van der Waals surface area contributed by atoms with Crippen LogP contribution in [0.5, 0.6) is 5.75 Å². The van der Waals surface area contributed by atoms with Crippen molar-refractivity contribution in [2.45, 2.75) is 11.3 Å². The maximum atomic E-state index is 12.1. The maximum Gasteiger partial charge on any atom is 0.573 e. The highest BCUT2D eigenvalue weighted by atomic mass is 32.2. The number of hydrogen-bond donors (Lipinski definition) is 2. The number of halogens is 3. The molecule has 0 unspecified atom stereocenters. The van der Waals surface area contributed by atoms with Gasteiger partial charge in [0.1, 0.15) is 10.6 Å². The summed E-state index contributed by atoms with van der Waals surface area (Å²) in [5.74, 6) is -1.87. The molecule has 0 aliphatic rings. The summed E-state index contributed by atoms with van der Waals surface area (Å²) in [6.45, 7) is -0.733. The standard InChI is InChI=1S/C9H9F3N2O4S/c10-9(11,12)18-6-3-1-2-4-7(6)19(16,17)14-5-8(13)15/h1-4,14H,5H2,(H2,13,15). The van der Waals surface area contributed by atoms with Gasteiger partial charge in [0.25, 0.3) is 0 Å². The van der Waals surface area contributed by atoms with Crippen molar-refractivity contribution in [3.05, 3.63) is 24.3 Å². The lowest BCUT2D eigenvalue weighted by Gasteiger charge is -2.13. The number of alkyl halides is 3. The van der Waals surface area contributed by atoms with E-state index in [1.54, 1.807) is 4.72 Å². The van der Waals surface area contributed by atoms with E-state index in [1.165, 1.54) is 12.1 Å². The van der Waals surface area contributed by atoms with Crippen molar-refractivity contribution in [3.63, 3.8) is 0 Å². The summed E-state index contributed by atoms with van der Waals surface area (Å²) >= 11 is 0. The molecule has 0 saturated heterocycles. The van der Waals surface area contributed by atoms with Gasteiger partial charge in [-0.05, 0) is 12.1 Å². The molecule has 0 aliphatic carbocycles. The number of ether oxygens (including phenoxy) is 1. The molecule has 0 aliphatic heterocycles. The second kappa shape index (κ2) is 5.45. The summed E-state index contributed by atoms with van der Waals surface area (Å²) in [5.41, 5.74) is 4.74. The molecule has 0 heterocycles. The number of nitrogens with two attached hydrogens (primary N) is 1. The minimum absolute atomic E-state index is 0.733. The van der Waals surface area contributed by atoms with Crippen molar-refractivity contribution in [2.24, 2.45) is 5.73 Å². The second-order valence-corrected chi connectivity index (χ2v) is 5.02. The number of hydrogen-bond acceptors (Lipinski definition) is 4. The van der Waals surface area contributed by atoms with Crippen molar-refractivity contribution >= 4 is 15.9 Å². The van der Waals surface area contributed by atoms with Crippen LogP contribution in [0.2, 0.25) is 0 Å². The number of benzene rings is 1. The van der Waals surface area contributed by atoms with E-state index in [0.717, 1.165) is 12.1 Å². The minimum Gasteiger partial charge on any atom is -0.404 e. The molecule has 106 valence electrons. The fourth-order valence-electron chi connectivity index (χ4n) is 1.13. The monoisotopic (exact) mass is 298 g/mol. The molecule has 6 nitrogen and oxygen atoms in total. The van der Waals surface area contributed by atoms with Crippen LogP contribution in [-0.2, 0) is 14.8 Å². The number of para-hydroxylation sites is 1. The lowest BCUT2D eigenvalue weighted by molar-refractivity contribution is -0.275. The van der Waals surface area contributed by atoms with E-state index in [9.17, 15) is 26.4 Å². The summed E-state index contributed by atoms with van der Waals surface area (Å²) in [4.78, 5) is 9.73. The molecule has 1 amide bonds. The molecular formula is C9H9F3N2O4S. The summed E-state index contributed by atoms with van der Waals surface area (Å²) in [6, 6.07) is 4.13. The van der Waals surface area contributed by atoms with Gasteiger partial charge >= 0.3 is 6.36 Å². The molecule has 0 radical (unpaired) electrons. The van der Waals surface area contributed by atoms with E-state index in [4.69, 9.17) is 5.73 Å². The van der Waals surface area contributed by atoms with Gasteiger partial charge in [-0.3, -0.25) is 4.79 Å². The van der Waals surface area contributed by atoms with Crippen LogP contribution in [0.25, 0.3) is 0 Å². The van der Waals surface area contributed by atoms with Crippen LogP contribution < -0.4 is 15.2 Å². The first kappa shape index (κ1) is 15.2. The highest BCUT2D eigenvalue weighted by Crippen LogP contribution is 2.28. The van der Waals surface area contributed by atoms with Crippen LogP contribution >= 0.6 is 0 Å². The van der Waals surface area contributed by atoms with E-state index in [-0.39, 0.29) is 0 Å². The number of carbonyl (C=O) groups excluding carboxylic acids is 1. The Morgan fingerprint density at radius 2 is 1.89 bits per heavy atom. The normalized spacial score (nSPS) is 12.2. The van der Waals surface area contributed by atoms with Gasteiger partial charge in [0.05, 0.1) is 6.54 Å². The molecule has 0 bridgehead atoms. The van der Waals surface area contributed by atoms with Crippen LogP contribution in [0.1, 0.15) is 0 Å². The summed E-state index contributed by atoms with van der Waals surface area (Å²) in [5, 5.41) is 0. The van der Waals surface area contributed by atoms with Crippen LogP contribution in [0.3, 0.4) is 0 Å². The Morgan fingerprint density at radius 3 is 2.42 bits per heavy atom. The molecule has 3 N–H and O–H groups in total. The van der Waals surface area contributed by atoms with E-state index in [1.807, 2.05) is 0 Å². The Balaban J connectivity index is 3.09. The van der Waals surface area contributed by atoms with Gasteiger partial charge in [0.15, 0.2) is 0 Å². The minimum atomic E-state index is -5.03. The van der Waals surface area contributed by atoms with Gasteiger partial charge in [0.2, 0.25) is 15.9 Å². The average molecular weight is 298 g/mol. The molecule has 0 atom stereocenters. The fraction of sp³-hybridized carbons (Fsp3) is 0.222. The largest absolute Gasteiger partial charge is 0.573 e. The first-order valence-corrected chi connectivity index (χ1v) is 6.23. The second-order valence-electron chi connectivity index (χ2n) is 3.29. The summed E-state index contributed by atoms with van der Waals surface area (Å²) in [7, 11) is -4.33. The third-order valence-corrected chi connectivity index (χ3v) is 3.24. The molecule has 19 heavy (non-hydrogen) atoms. The zero-order chi connectivity index (χ0) is 14.7. The average Bonchev–Trinajstić information content (AvgIpc) is 2.25. The van der Waals surface area contributed by atoms with Crippen molar-refractivity contribution in [1.82, 2.24) is 4.72 Å². The van der Waals surface area contributed by atoms with Crippen molar-refractivity contribution in [3.8, 4) is 5.75 Å². The first-order valence-electron chi connectivity index (χ1n) is 4.74. The van der Waals surface area contributed by atoms with Gasteiger partial charge in [-0.1, -0.05) is 12.1 Å². The van der Waals surface area contributed by atoms with Crippen LogP contribution in [0.4, 0.5) is 13.2 Å². The summed E-state index contributed by atoms with van der Waals surface area (Å²) < 4.78 is 65.0. The van der Waals surface area contributed by atoms with Crippen molar-refractivity contribution < 1.29 is 31.1 Å². The fourth-order valence-corrected chi connectivity index (χ4v) is 2.25. The van der Waals surface area contributed by atoms with E-state index in [0.29, 0.717) is 0 Å². The zero-order valence-corrected chi connectivity index (χ0v) is 10.1. The topological polar surface area (TPSA) is 98.5 Å². The quantitative estimate of drug-likeness (QED) is 0.819. The van der Waals surface area contributed by atoms with E-state index in [2.05, 4.69) is 4.74 Å². The van der Waals surface area contributed by atoms with Crippen molar-refractivity contribution in [1.29, 1.82) is 0 Å². The number of amides is 1. The molecule has 10 heteroatoms. The predicted octanol–water partition coefficient (Wildman–Crippen LogP) is 0.349. The van der Waals surface area contributed by atoms with Crippen LogP contribution in [0, 0.1) is 0 Å². The van der Waals surface area contributed by atoms with Gasteiger partial charge in [-0.25, -0.2) is 13.1 Å². The van der Waals surface area contributed by atoms with Gasteiger partial charge in [-0.15, -0.1) is 13.2 Å². The lowest BCUT2D eigenvalue weighted by Crippen LogP contribution is -2.33. The molecule has 1 aromatic carbocycles. The zero-order valence-electron chi connectivity index (χ0n) is 9.27. The molecule has 1 aromatic rings. The Bertz CT molecular complexity index is 571. The number of rotatable bonds is 5. The first-order chi connectivity index (χ1) is 8.62. The van der Waals surface area contributed by atoms with Gasteiger partial charge in [0, 0.05) is 0 Å². The lowest BCUT2D eigenvalue weighted by atomic mass is 10.3. The number of sulfonamides is 1. The Kier molecular flexibility index (Phi) is 4.37. The molecule has 0 aromatic heterocycles. The smallest absolute Gasteiger partial charge is 0.404 e. The number of carbonyl (C=O) groups is 1. The molecular weight excluding hydrogens is 289 g/mol. The number of primary amides is 1. The molecule has 0 fully saturated rings. The number of nitrogens with one attached hydrogen (secondary N) is 1. The van der Waals surface area contributed by atoms with Gasteiger partial charge < -0.3 is 10.5 Å². The SMILES string of the molecule is NC(=O)CNS(=O)(=O)c1ccccc1OC(F)(F)F. The third kappa shape index (κ3) is 4.75.